The average Bonchev–Trinajstić information content (AvgIpc) is 2.98. The van der Waals surface area contributed by atoms with Gasteiger partial charge in [-0.2, -0.15) is 9.61 Å². The Morgan fingerprint density at radius 3 is 2.92 bits per heavy atom. The van der Waals surface area contributed by atoms with Crippen LogP contribution in [0.5, 0.6) is 0 Å². The molecule has 0 unspecified atom stereocenters. The van der Waals surface area contributed by atoms with Gasteiger partial charge in [0.15, 0.2) is 5.65 Å². The van der Waals surface area contributed by atoms with Gasteiger partial charge in [-0.15, -0.1) is 0 Å². The number of amides is 1. The minimum absolute atomic E-state index is 0.262. The molecular weight excluding hydrogens is 304 g/mol. The van der Waals surface area contributed by atoms with Crippen molar-refractivity contribution < 1.29 is 4.79 Å². The number of nitrogens with one attached hydrogen (secondary N) is 2. The summed E-state index contributed by atoms with van der Waals surface area (Å²) < 4.78 is 1.71. The summed E-state index contributed by atoms with van der Waals surface area (Å²) in [7, 11) is 0. The van der Waals surface area contributed by atoms with Gasteiger partial charge in [0.05, 0.1) is 6.20 Å². The highest BCUT2D eigenvalue weighted by atomic mass is 16.1. The predicted molar refractivity (Wildman–Crippen MR) is 95.3 cm³/mol. The number of hydrogen-bond acceptors (Lipinski definition) is 5. The molecule has 0 saturated heterocycles. The largest absolute Gasteiger partial charge is 0.384 e. The Labute approximate surface area is 139 Å². The van der Waals surface area contributed by atoms with E-state index in [4.69, 9.17) is 5.73 Å². The van der Waals surface area contributed by atoms with Crippen LogP contribution in [-0.2, 0) is 11.2 Å². The van der Waals surface area contributed by atoms with E-state index in [0.29, 0.717) is 17.3 Å². The van der Waals surface area contributed by atoms with E-state index in [2.05, 4.69) is 27.3 Å². The maximum Gasteiger partial charge on any atom is 0.247 e. The van der Waals surface area contributed by atoms with E-state index < -0.39 is 0 Å². The van der Waals surface area contributed by atoms with Crippen LogP contribution >= 0.6 is 0 Å². The first-order chi connectivity index (χ1) is 11.6. The molecule has 7 nitrogen and oxygen atoms in total. The van der Waals surface area contributed by atoms with Gasteiger partial charge in [0.2, 0.25) is 5.91 Å². The van der Waals surface area contributed by atoms with Gasteiger partial charge in [0.1, 0.15) is 11.6 Å². The Kier molecular flexibility index (Phi) is 4.15. The van der Waals surface area contributed by atoms with Crippen LogP contribution in [0.4, 0.5) is 23.0 Å². The monoisotopic (exact) mass is 322 g/mol. The van der Waals surface area contributed by atoms with Gasteiger partial charge in [0.25, 0.3) is 0 Å². The molecule has 0 bridgehead atoms. The van der Waals surface area contributed by atoms with Crippen LogP contribution in [0.25, 0.3) is 5.65 Å². The van der Waals surface area contributed by atoms with E-state index in [1.807, 2.05) is 25.1 Å². The lowest BCUT2D eigenvalue weighted by Crippen LogP contribution is -2.08. The first kappa shape index (κ1) is 15.5. The Hall–Kier alpha value is -3.35. The molecular formula is C17H18N6O. The minimum atomic E-state index is -0.262. The molecule has 0 radical (unpaired) electrons. The molecule has 3 aromatic rings. The number of benzene rings is 1. The standard InChI is InChI=1S/C17H18N6O/c1-3-11-10-19-23-15(9-14(18)22-17(11)23)20-12-6-5-7-13(8-12)21-16(24)4-2/h4-10,20H,2-3H2,1H3,(H2,18,22)(H,21,24). The second kappa shape index (κ2) is 6.41. The van der Waals surface area contributed by atoms with E-state index in [-0.39, 0.29) is 5.91 Å². The second-order valence-electron chi connectivity index (χ2n) is 5.22. The fraction of sp³-hybridized carbons (Fsp3) is 0.118. The fourth-order valence-corrected chi connectivity index (χ4v) is 2.38. The van der Waals surface area contributed by atoms with Gasteiger partial charge in [-0.3, -0.25) is 4.79 Å². The molecule has 122 valence electrons. The number of aryl methyl sites for hydroxylation is 1. The molecule has 0 saturated carbocycles. The van der Waals surface area contributed by atoms with Crippen molar-refractivity contribution in [2.75, 3.05) is 16.4 Å². The maximum atomic E-state index is 11.4. The molecule has 24 heavy (non-hydrogen) atoms. The molecule has 2 aromatic heterocycles. The third kappa shape index (κ3) is 3.05. The van der Waals surface area contributed by atoms with Crippen LogP contribution in [0.2, 0.25) is 0 Å². The highest BCUT2D eigenvalue weighted by Crippen LogP contribution is 2.23. The van der Waals surface area contributed by atoms with Crippen molar-refractivity contribution in [2.45, 2.75) is 13.3 Å². The highest BCUT2D eigenvalue weighted by Gasteiger charge is 2.10. The number of hydrogen-bond donors (Lipinski definition) is 3. The Balaban J connectivity index is 1.95. The zero-order valence-electron chi connectivity index (χ0n) is 13.3. The number of carbonyl (C=O) groups is 1. The summed E-state index contributed by atoms with van der Waals surface area (Å²) in [5, 5.41) is 10.3. The highest BCUT2D eigenvalue weighted by molar-refractivity contribution is 5.99. The Morgan fingerprint density at radius 1 is 1.38 bits per heavy atom. The van der Waals surface area contributed by atoms with Crippen molar-refractivity contribution in [3.63, 3.8) is 0 Å². The lowest BCUT2D eigenvalue weighted by atomic mass is 10.2. The van der Waals surface area contributed by atoms with Gasteiger partial charge < -0.3 is 16.4 Å². The number of aromatic nitrogens is 3. The van der Waals surface area contributed by atoms with Crippen LogP contribution in [-0.4, -0.2) is 20.5 Å². The molecule has 3 rings (SSSR count). The number of rotatable bonds is 5. The van der Waals surface area contributed by atoms with E-state index in [0.717, 1.165) is 23.3 Å². The third-order valence-corrected chi connectivity index (χ3v) is 3.53. The van der Waals surface area contributed by atoms with Crippen molar-refractivity contribution in [3.05, 3.63) is 54.7 Å². The number of carbonyl (C=O) groups excluding carboxylic acids is 1. The molecule has 0 atom stereocenters. The van der Waals surface area contributed by atoms with Crippen molar-refractivity contribution >= 4 is 34.6 Å². The zero-order valence-corrected chi connectivity index (χ0v) is 13.3. The molecule has 0 aliphatic carbocycles. The Bertz CT molecular complexity index is 915. The fourth-order valence-electron chi connectivity index (χ4n) is 2.38. The molecule has 1 amide bonds. The summed E-state index contributed by atoms with van der Waals surface area (Å²) in [4.78, 5) is 15.8. The molecule has 0 spiro atoms. The minimum Gasteiger partial charge on any atom is -0.384 e. The summed E-state index contributed by atoms with van der Waals surface area (Å²) >= 11 is 0. The van der Waals surface area contributed by atoms with Crippen LogP contribution in [0.15, 0.2) is 49.2 Å². The van der Waals surface area contributed by atoms with Gasteiger partial charge >= 0.3 is 0 Å². The molecule has 1 aromatic carbocycles. The summed E-state index contributed by atoms with van der Waals surface area (Å²) in [6.07, 6.45) is 3.83. The smallest absolute Gasteiger partial charge is 0.247 e. The normalized spacial score (nSPS) is 10.5. The lowest BCUT2D eigenvalue weighted by Gasteiger charge is -2.11. The van der Waals surface area contributed by atoms with Gasteiger partial charge in [0, 0.05) is 23.0 Å². The maximum absolute atomic E-state index is 11.4. The number of nitrogens with two attached hydrogens (primary N) is 1. The third-order valence-electron chi connectivity index (χ3n) is 3.53. The van der Waals surface area contributed by atoms with Crippen molar-refractivity contribution in [1.82, 2.24) is 14.6 Å². The SMILES string of the molecule is C=CC(=O)Nc1cccc(Nc2cc(N)nc3c(CC)cnn23)c1. The van der Waals surface area contributed by atoms with Crippen molar-refractivity contribution in [1.29, 1.82) is 0 Å². The van der Waals surface area contributed by atoms with E-state index in [9.17, 15) is 4.79 Å². The lowest BCUT2D eigenvalue weighted by molar-refractivity contribution is -0.111. The van der Waals surface area contributed by atoms with E-state index >= 15 is 0 Å². The Morgan fingerprint density at radius 2 is 2.17 bits per heavy atom. The second-order valence-corrected chi connectivity index (χ2v) is 5.22. The van der Waals surface area contributed by atoms with E-state index in [1.165, 1.54) is 6.08 Å². The number of nitrogen functional groups attached to an aromatic ring is 1. The number of fused-ring (bicyclic) bond motifs is 1. The van der Waals surface area contributed by atoms with Crippen LogP contribution in [0.3, 0.4) is 0 Å². The first-order valence-corrected chi connectivity index (χ1v) is 7.54. The predicted octanol–water partition coefficient (Wildman–Crippen LogP) is 2.74. The summed E-state index contributed by atoms with van der Waals surface area (Å²) in [6.45, 7) is 5.48. The number of nitrogens with zero attached hydrogens (tertiary/aromatic N) is 3. The number of anilines is 4. The van der Waals surface area contributed by atoms with Crippen molar-refractivity contribution in [2.24, 2.45) is 0 Å². The molecule has 0 aliphatic rings. The van der Waals surface area contributed by atoms with Crippen LogP contribution in [0, 0.1) is 0 Å². The zero-order chi connectivity index (χ0) is 17.1. The van der Waals surface area contributed by atoms with Gasteiger partial charge in [-0.1, -0.05) is 19.6 Å². The van der Waals surface area contributed by atoms with Gasteiger partial charge in [-0.25, -0.2) is 4.98 Å². The molecule has 0 aliphatic heterocycles. The molecule has 0 fully saturated rings. The van der Waals surface area contributed by atoms with E-state index in [1.54, 1.807) is 22.8 Å². The summed E-state index contributed by atoms with van der Waals surface area (Å²) in [5.41, 5.74) is 9.13. The quantitative estimate of drug-likeness (QED) is 0.628. The molecule has 4 N–H and O–H groups in total. The topological polar surface area (TPSA) is 97.3 Å². The van der Waals surface area contributed by atoms with Crippen LogP contribution in [0.1, 0.15) is 12.5 Å². The summed E-state index contributed by atoms with van der Waals surface area (Å²) in [6, 6.07) is 9.05. The first-order valence-electron chi connectivity index (χ1n) is 7.54. The molecule has 2 heterocycles. The van der Waals surface area contributed by atoms with Gasteiger partial charge in [-0.05, 0) is 30.7 Å². The summed E-state index contributed by atoms with van der Waals surface area (Å²) in [5.74, 6) is 0.850. The van der Waals surface area contributed by atoms with Crippen molar-refractivity contribution in [3.8, 4) is 0 Å². The average molecular weight is 322 g/mol. The van der Waals surface area contributed by atoms with Crippen LogP contribution < -0.4 is 16.4 Å². The molecule has 7 heteroatoms.